The first kappa shape index (κ1) is 11.6. The van der Waals surface area contributed by atoms with Gasteiger partial charge in [-0.2, -0.15) is 0 Å². The Labute approximate surface area is 96.1 Å². The molecule has 0 spiro atoms. The third-order valence-electron chi connectivity index (χ3n) is 3.40. The predicted octanol–water partition coefficient (Wildman–Crippen LogP) is 2.09. The van der Waals surface area contributed by atoms with Crippen molar-refractivity contribution < 1.29 is 14.3 Å². The van der Waals surface area contributed by atoms with Crippen LogP contribution in [0.1, 0.15) is 19.8 Å². The molecule has 0 aromatic heterocycles. The van der Waals surface area contributed by atoms with E-state index >= 15 is 0 Å². The predicted molar refractivity (Wildman–Crippen MR) is 60.9 cm³/mol. The number of hydrogen-bond acceptors (Lipinski definition) is 3. The van der Waals surface area contributed by atoms with Crippen molar-refractivity contribution in [3.63, 3.8) is 0 Å². The maximum Gasteiger partial charge on any atom is 0.163 e. The Morgan fingerprint density at radius 1 is 1.50 bits per heavy atom. The fourth-order valence-corrected chi connectivity index (χ4v) is 2.71. The van der Waals surface area contributed by atoms with Gasteiger partial charge in [0, 0.05) is 13.0 Å². The summed E-state index contributed by atoms with van der Waals surface area (Å²) in [6, 6.07) is 0. The molecule has 2 aliphatic rings. The van der Waals surface area contributed by atoms with Gasteiger partial charge in [-0.1, -0.05) is 12.2 Å². The number of methoxy groups -OCH3 is 1. The molecule has 3 atom stereocenters. The summed E-state index contributed by atoms with van der Waals surface area (Å²) in [5, 5.41) is 0. The van der Waals surface area contributed by atoms with E-state index in [9.17, 15) is 4.79 Å². The first-order valence-corrected chi connectivity index (χ1v) is 5.76. The number of ether oxygens (including phenoxy) is 2. The van der Waals surface area contributed by atoms with Gasteiger partial charge < -0.3 is 9.47 Å². The zero-order chi connectivity index (χ0) is 11.5. The molecule has 0 bridgehead atoms. The van der Waals surface area contributed by atoms with Gasteiger partial charge in [-0.05, 0) is 37.3 Å². The molecule has 0 aromatic carbocycles. The van der Waals surface area contributed by atoms with Gasteiger partial charge in [0.25, 0.3) is 0 Å². The SMILES string of the molecule is C/C=C/[C@@H]1C(=O)C=C2[C@@H](OCOC)CC[C@H]21. The van der Waals surface area contributed by atoms with Crippen molar-refractivity contribution in [3.8, 4) is 0 Å². The van der Waals surface area contributed by atoms with Crippen molar-refractivity contribution >= 4 is 5.78 Å². The maximum atomic E-state index is 11.8. The van der Waals surface area contributed by atoms with E-state index in [4.69, 9.17) is 9.47 Å². The first-order valence-electron chi connectivity index (χ1n) is 5.76. The second-order valence-corrected chi connectivity index (χ2v) is 4.34. The zero-order valence-electron chi connectivity index (χ0n) is 9.81. The van der Waals surface area contributed by atoms with Crippen LogP contribution in [0.4, 0.5) is 0 Å². The van der Waals surface area contributed by atoms with E-state index in [2.05, 4.69) is 0 Å². The molecule has 2 rings (SSSR count). The topological polar surface area (TPSA) is 35.5 Å². The molecule has 0 aromatic rings. The van der Waals surface area contributed by atoms with Gasteiger partial charge in [0.2, 0.25) is 0 Å². The molecule has 0 amide bonds. The molecule has 3 nitrogen and oxygen atoms in total. The average Bonchev–Trinajstić information content (AvgIpc) is 2.78. The second-order valence-electron chi connectivity index (χ2n) is 4.34. The molecular formula is C13H18O3. The minimum Gasteiger partial charge on any atom is -0.359 e. The van der Waals surface area contributed by atoms with Crippen LogP contribution in [0.3, 0.4) is 0 Å². The molecule has 3 heteroatoms. The molecule has 0 saturated heterocycles. The van der Waals surface area contributed by atoms with Gasteiger partial charge in [0.05, 0.1) is 6.10 Å². The van der Waals surface area contributed by atoms with Gasteiger partial charge in [0.15, 0.2) is 5.78 Å². The Morgan fingerprint density at radius 3 is 3.00 bits per heavy atom. The van der Waals surface area contributed by atoms with Gasteiger partial charge in [-0.15, -0.1) is 0 Å². The Kier molecular flexibility index (Phi) is 3.56. The standard InChI is InChI=1S/C13H18O3/c1-3-4-10-9-5-6-13(16-8-15-2)11(9)7-12(10)14/h3-4,7,9-10,13H,5-6,8H2,1-2H3/b4-3+/t9-,10-,13-/m0/s1. The normalized spacial score (nSPS) is 33.5. The minimum atomic E-state index is 0.0520. The van der Waals surface area contributed by atoms with E-state index in [1.54, 1.807) is 13.2 Å². The average molecular weight is 222 g/mol. The van der Waals surface area contributed by atoms with Crippen molar-refractivity contribution in [2.45, 2.75) is 25.9 Å². The monoisotopic (exact) mass is 222 g/mol. The molecular weight excluding hydrogens is 204 g/mol. The van der Waals surface area contributed by atoms with Crippen LogP contribution in [-0.4, -0.2) is 25.8 Å². The van der Waals surface area contributed by atoms with E-state index in [0.29, 0.717) is 12.7 Å². The lowest BCUT2D eigenvalue weighted by atomic mass is 9.91. The summed E-state index contributed by atoms with van der Waals surface area (Å²) in [7, 11) is 1.61. The number of ketones is 1. The number of carbonyl (C=O) groups excluding carboxylic acids is 1. The van der Waals surface area contributed by atoms with E-state index < -0.39 is 0 Å². The lowest BCUT2D eigenvalue weighted by Gasteiger charge is -2.14. The summed E-state index contributed by atoms with van der Waals surface area (Å²) >= 11 is 0. The fraction of sp³-hybridized carbons (Fsp3) is 0.615. The van der Waals surface area contributed by atoms with Crippen LogP contribution in [0.15, 0.2) is 23.8 Å². The lowest BCUT2D eigenvalue weighted by molar-refractivity contribution is -0.117. The molecule has 0 radical (unpaired) electrons. The number of hydrogen-bond donors (Lipinski definition) is 0. The number of allylic oxidation sites excluding steroid dienone is 3. The molecule has 0 N–H and O–H groups in total. The number of fused-ring (bicyclic) bond motifs is 1. The van der Waals surface area contributed by atoms with Crippen molar-refractivity contribution in [2.24, 2.45) is 11.8 Å². The highest BCUT2D eigenvalue weighted by Gasteiger charge is 2.42. The van der Waals surface area contributed by atoms with Crippen LogP contribution < -0.4 is 0 Å². The molecule has 0 unspecified atom stereocenters. The summed E-state index contributed by atoms with van der Waals surface area (Å²) in [5.41, 5.74) is 1.17. The van der Waals surface area contributed by atoms with Crippen LogP contribution in [0, 0.1) is 11.8 Å². The molecule has 2 aliphatic carbocycles. The van der Waals surface area contributed by atoms with Crippen LogP contribution in [0.5, 0.6) is 0 Å². The van der Waals surface area contributed by atoms with E-state index in [1.807, 2.05) is 19.1 Å². The Morgan fingerprint density at radius 2 is 2.31 bits per heavy atom. The van der Waals surface area contributed by atoms with Crippen molar-refractivity contribution in [3.05, 3.63) is 23.8 Å². The van der Waals surface area contributed by atoms with Gasteiger partial charge in [0.1, 0.15) is 6.79 Å². The van der Waals surface area contributed by atoms with Crippen LogP contribution >= 0.6 is 0 Å². The molecule has 16 heavy (non-hydrogen) atoms. The zero-order valence-corrected chi connectivity index (χ0v) is 9.81. The molecule has 1 fully saturated rings. The number of carbonyl (C=O) groups is 1. The molecule has 0 aliphatic heterocycles. The highest BCUT2D eigenvalue weighted by molar-refractivity contribution is 5.97. The Balaban J connectivity index is 2.07. The van der Waals surface area contributed by atoms with Crippen molar-refractivity contribution in [2.75, 3.05) is 13.9 Å². The summed E-state index contributed by atoms with van der Waals surface area (Å²) in [5.74, 6) is 0.644. The second kappa shape index (κ2) is 4.93. The number of rotatable bonds is 4. The summed E-state index contributed by atoms with van der Waals surface area (Å²) < 4.78 is 10.5. The highest BCUT2D eigenvalue weighted by atomic mass is 16.7. The largest absolute Gasteiger partial charge is 0.359 e. The van der Waals surface area contributed by atoms with Gasteiger partial charge in [-0.25, -0.2) is 0 Å². The Bertz CT molecular complexity index is 330. The van der Waals surface area contributed by atoms with Crippen LogP contribution in [0.2, 0.25) is 0 Å². The van der Waals surface area contributed by atoms with E-state index in [1.165, 1.54) is 5.57 Å². The molecule has 88 valence electrons. The minimum absolute atomic E-state index is 0.0520. The molecule has 1 saturated carbocycles. The molecule has 0 heterocycles. The Hall–Kier alpha value is -0.930. The third-order valence-corrected chi connectivity index (χ3v) is 3.40. The van der Waals surface area contributed by atoms with E-state index in [-0.39, 0.29) is 17.8 Å². The van der Waals surface area contributed by atoms with Crippen molar-refractivity contribution in [1.82, 2.24) is 0 Å². The quantitative estimate of drug-likeness (QED) is 0.539. The third kappa shape index (κ3) is 1.97. The highest BCUT2D eigenvalue weighted by Crippen LogP contribution is 2.43. The van der Waals surface area contributed by atoms with Crippen molar-refractivity contribution in [1.29, 1.82) is 0 Å². The van der Waals surface area contributed by atoms with Crippen LogP contribution in [-0.2, 0) is 14.3 Å². The first-order chi connectivity index (χ1) is 7.77. The lowest BCUT2D eigenvalue weighted by Crippen LogP contribution is -2.14. The smallest absolute Gasteiger partial charge is 0.163 e. The summed E-state index contributed by atoms with van der Waals surface area (Å²) in [6.07, 6.45) is 7.88. The fourth-order valence-electron chi connectivity index (χ4n) is 2.71. The van der Waals surface area contributed by atoms with Crippen LogP contribution in [0.25, 0.3) is 0 Å². The maximum absolute atomic E-state index is 11.8. The summed E-state index contributed by atoms with van der Waals surface area (Å²) in [4.78, 5) is 11.8. The summed E-state index contributed by atoms with van der Waals surface area (Å²) in [6.45, 7) is 2.26. The van der Waals surface area contributed by atoms with Gasteiger partial charge in [-0.3, -0.25) is 4.79 Å². The van der Waals surface area contributed by atoms with E-state index in [0.717, 1.165) is 12.8 Å². The van der Waals surface area contributed by atoms with Gasteiger partial charge >= 0.3 is 0 Å².